The first-order valence-electron chi connectivity index (χ1n) is 7.95. The van der Waals surface area contributed by atoms with E-state index in [0.717, 1.165) is 34.8 Å². The Bertz CT molecular complexity index is 890. The quantitative estimate of drug-likeness (QED) is 0.719. The molecule has 0 N–H and O–H groups in total. The van der Waals surface area contributed by atoms with E-state index in [0.29, 0.717) is 0 Å². The molecule has 5 rings (SSSR count). The second-order valence-corrected chi connectivity index (χ2v) is 5.91. The smallest absolute Gasteiger partial charge is 0.213 e. The summed E-state index contributed by atoms with van der Waals surface area (Å²) in [7, 11) is 0. The number of hydrazone groups is 1. The lowest BCUT2D eigenvalue weighted by molar-refractivity contribution is -0.0190. The Morgan fingerprint density at radius 1 is 1.00 bits per heavy atom. The van der Waals surface area contributed by atoms with Crippen LogP contribution in [0.3, 0.4) is 0 Å². The van der Waals surface area contributed by atoms with Crippen LogP contribution in [0.5, 0.6) is 5.75 Å². The molecule has 0 spiro atoms. The molecule has 0 saturated heterocycles. The highest BCUT2D eigenvalue weighted by molar-refractivity contribution is 5.99. The predicted octanol–water partition coefficient (Wildman–Crippen LogP) is 3.92. The van der Waals surface area contributed by atoms with E-state index in [9.17, 15) is 0 Å². The Kier molecular flexibility index (Phi) is 2.91. The van der Waals surface area contributed by atoms with E-state index in [2.05, 4.69) is 11.1 Å². The summed E-state index contributed by atoms with van der Waals surface area (Å²) in [5.41, 5.74) is 3.14. The van der Waals surface area contributed by atoms with Gasteiger partial charge in [-0.05, 0) is 30.3 Å². The normalized spacial score (nSPS) is 21.7. The fourth-order valence-corrected chi connectivity index (χ4v) is 3.37. The lowest BCUT2D eigenvalue weighted by Crippen LogP contribution is -2.33. The summed E-state index contributed by atoms with van der Waals surface area (Å²) in [4.78, 5) is 4.10. The van der Waals surface area contributed by atoms with Crippen LogP contribution in [0.4, 0.5) is 0 Å². The molecule has 0 unspecified atom stereocenters. The Balaban J connectivity index is 1.62. The van der Waals surface area contributed by atoms with Crippen LogP contribution < -0.4 is 4.74 Å². The highest BCUT2D eigenvalue weighted by Crippen LogP contribution is 2.47. The molecule has 4 heterocycles. The summed E-state index contributed by atoms with van der Waals surface area (Å²) in [5, 5.41) is 6.86. The minimum Gasteiger partial charge on any atom is -0.464 e. The molecule has 3 aromatic rings. The summed E-state index contributed by atoms with van der Waals surface area (Å²) in [6.07, 6.45) is 5.78. The molecule has 2 aliphatic heterocycles. The van der Waals surface area contributed by atoms with Crippen molar-refractivity contribution in [3.63, 3.8) is 0 Å². The van der Waals surface area contributed by atoms with Gasteiger partial charge in [0.15, 0.2) is 0 Å². The second-order valence-electron chi connectivity index (χ2n) is 5.91. The van der Waals surface area contributed by atoms with E-state index >= 15 is 0 Å². The number of benzene rings is 1. The maximum absolute atomic E-state index is 6.26. The topological polar surface area (TPSA) is 50.9 Å². The van der Waals surface area contributed by atoms with E-state index in [1.165, 1.54) is 0 Å². The number of pyridine rings is 1. The Morgan fingerprint density at radius 3 is 2.71 bits per heavy atom. The lowest BCUT2D eigenvalue weighted by atomic mass is 9.98. The van der Waals surface area contributed by atoms with Gasteiger partial charge in [0.05, 0.1) is 12.3 Å². The molecule has 1 aromatic carbocycles. The maximum Gasteiger partial charge on any atom is 0.213 e. The average molecular weight is 317 g/mol. The van der Waals surface area contributed by atoms with Crippen LogP contribution in [0.25, 0.3) is 0 Å². The van der Waals surface area contributed by atoms with E-state index in [4.69, 9.17) is 14.3 Å². The van der Waals surface area contributed by atoms with E-state index in [1.54, 1.807) is 18.7 Å². The van der Waals surface area contributed by atoms with Crippen molar-refractivity contribution < 1.29 is 9.15 Å². The highest BCUT2D eigenvalue weighted by atomic mass is 16.5. The highest BCUT2D eigenvalue weighted by Gasteiger charge is 2.41. The number of fused-ring (bicyclic) bond motifs is 3. The van der Waals surface area contributed by atoms with Crippen molar-refractivity contribution in [1.29, 1.82) is 0 Å². The molecule has 2 aromatic heterocycles. The first kappa shape index (κ1) is 13.4. The van der Waals surface area contributed by atoms with Gasteiger partial charge in [-0.15, -0.1) is 0 Å². The molecular formula is C19H15N3O2. The number of hydrogen-bond acceptors (Lipinski definition) is 5. The molecule has 0 aliphatic carbocycles. The zero-order chi connectivity index (χ0) is 15.9. The third-order valence-corrected chi connectivity index (χ3v) is 4.50. The third-order valence-electron chi connectivity index (χ3n) is 4.50. The number of ether oxygens (including phenoxy) is 1. The molecule has 0 amide bonds. The Labute approximate surface area is 139 Å². The number of rotatable bonds is 2. The van der Waals surface area contributed by atoms with Crippen LogP contribution in [0.1, 0.15) is 35.6 Å². The Hall–Kier alpha value is -3.08. The van der Waals surface area contributed by atoms with E-state index in [-0.39, 0.29) is 12.3 Å². The first-order chi connectivity index (χ1) is 11.9. The molecule has 2 aliphatic rings. The number of hydrogen-bond donors (Lipinski definition) is 0. The summed E-state index contributed by atoms with van der Waals surface area (Å²) < 4.78 is 11.8. The van der Waals surface area contributed by atoms with Crippen LogP contribution in [-0.2, 0) is 0 Å². The minimum absolute atomic E-state index is 0.146. The van der Waals surface area contributed by atoms with Crippen molar-refractivity contribution in [2.45, 2.75) is 18.7 Å². The fraction of sp³-hybridized carbons (Fsp3) is 0.158. The molecule has 0 fully saturated rings. The summed E-state index contributed by atoms with van der Waals surface area (Å²) in [5.74, 6) is 1.73. The zero-order valence-corrected chi connectivity index (χ0v) is 12.9. The van der Waals surface area contributed by atoms with Crippen LogP contribution in [0, 0.1) is 0 Å². The summed E-state index contributed by atoms with van der Waals surface area (Å²) in [6, 6.07) is 16.1. The molecular weight excluding hydrogens is 302 g/mol. The van der Waals surface area contributed by atoms with Crippen molar-refractivity contribution in [1.82, 2.24) is 9.99 Å². The molecule has 0 bridgehead atoms. The van der Waals surface area contributed by atoms with Crippen molar-refractivity contribution in [2.75, 3.05) is 0 Å². The lowest BCUT2D eigenvalue weighted by Gasteiger charge is -2.38. The molecule has 5 nitrogen and oxygen atoms in total. The molecule has 24 heavy (non-hydrogen) atoms. The molecule has 5 heteroatoms. The molecule has 118 valence electrons. The number of furan rings is 1. The zero-order valence-electron chi connectivity index (χ0n) is 12.9. The molecule has 2 atom stereocenters. The van der Waals surface area contributed by atoms with Crippen molar-refractivity contribution in [3.8, 4) is 5.75 Å². The van der Waals surface area contributed by atoms with Crippen LogP contribution in [-0.4, -0.2) is 15.7 Å². The number of aromatic nitrogens is 1. The summed E-state index contributed by atoms with van der Waals surface area (Å²) >= 11 is 0. The van der Waals surface area contributed by atoms with Crippen molar-refractivity contribution >= 4 is 5.71 Å². The number of para-hydroxylation sites is 1. The second kappa shape index (κ2) is 5.23. The van der Waals surface area contributed by atoms with Crippen molar-refractivity contribution in [2.24, 2.45) is 5.10 Å². The van der Waals surface area contributed by atoms with Gasteiger partial charge in [0.2, 0.25) is 6.23 Å². The molecule has 0 radical (unpaired) electrons. The van der Waals surface area contributed by atoms with Gasteiger partial charge >= 0.3 is 0 Å². The third kappa shape index (κ3) is 2.01. The minimum atomic E-state index is -0.264. The van der Waals surface area contributed by atoms with Crippen LogP contribution in [0.2, 0.25) is 0 Å². The van der Waals surface area contributed by atoms with Gasteiger partial charge in [-0.2, -0.15) is 5.10 Å². The van der Waals surface area contributed by atoms with Gasteiger partial charge in [0, 0.05) is 29.9 Å². The predicted molar refractivity (Wildman–Crippen MR) is 88.5 cm³/mol. The van der Waals surface area contributed by atoms with E-state index in [1.807, 2.05) is 47.5 Å². The number of nitrogens with zero attached hydrogens (tertiary/aromatic N) is 3. The van der Waals surface area contributed by atoms with Gasteiger partial charge in [0.25, 0.3) is 0 Å². The fourth-order valence-electron chi connectivity index (χ4n) is 3.37. The van der Waals surface area contributed by atoms with Crippen LogP contribution in [0.15, 0.2) is 76.7 Å². The standard InChI is InChI=1S/C19H15N3O2/c1-2-5-17-14(4-1)16-12-15(18-6-3-11-23-18)21-22(16)19(24-17)13-7-9-20-10-8-13/h1-11,16,19H,12H2/t16-,19-/m0/s1. The SMILES string of the molecule is c1coc(C2=NN3[C@@H](C2)c2ccccc2O[C@H]3c2ccncc2)c1. The van der Waals surface area contributed by atoms with E-state index < -0.39 is 0 Å². The van der Waals surface area contributed by atoms with Gasteiger partial charge in [-0.25, -0.2) is 5.01 Å². The first-order valence-corrected chi connectivity index (χ1v) is 7.95. The summed E-state index contributed by atoms with van der Waals surface area (Å²) in [6.45, 7) is 0. The largest absolute Gasteiger partial charge is 0.464 e. The van der Waals surface area contributed by atoms with Gasteiger partial charge < -0.3 is 9.15 Å². The van der Waals surface area contributed by atoms with Crippen molar-refractivity contribution in [3.05, 3.63) is 84.1 Å². The molecule has 0 saturated carbocycles. The van der Waals surface area contributed by atoms with Gasteiger partial charge in [-0.1, -0.05) is 18.2 Å². The van der Waals surface area contributed by atoms with Crippen LogP contribution >= 0.6 is 0 Å². The van der Waals surface area contributed by atoms with Gasteiger partial charge in [0.1, 0.15) is 17.2 Å². The average Bonchev–Trinajstić information content (AvgIpc) is 3.31. The Morgan fingerprint density at radius 2 is 1.88 bits per heavy atom. The monoisotopic (exact) mass is 317 g/mol. The van der Waals surface area contributed by atoms with Gasteiger partial charge in [-0.3, -0.25) is 4.98 Å². The maximum atomic E-state index is 6.26.